The average molecular weight is 396 g/mol. The van der Waals surface area contributed by atoms with Gasteiger partial charge in [0.2, 0.25) is 12.3 Å². The second-order valence-corrected chi connectivity index (χ2v) is 6.03. The minimum Gasteiger partial charge on any atom is -0.423 e. The third kappa shape index (κ3) is 5.55. The highest BCUT2D eigenvalue weighted by Crippen LogP contribution is 2.26. The number of rotatable bonds is 5. The first kappa shape index (κ1) is 20.9. The Morgan fingerprint density at radius 1 is 1.14 bits per heavy atom. The zero-order valence-electron chi connectivity index (χ0n) is 15.2. The summed E-state index contributed by atoms with van der Waals surface area (Å²) in [5, 5.41) is 36.9. The van der Waals surface area contributed by atoms with E-state index in [1.54, 1.807) is 30.3 Å². The van der Waals surface area contributed by atoms with Gasteiger partial charge in [-0.3, -0.25) is 0 Å². The van der Waals surface area contributed by atoms with Crippen LogP contribution in [0.25, 0.3) is 11.5 Å². The van der Waals surface area contributed by atoms with Crippen LogP contribution in [-0.2, 0) is 0 Å². The smallest absolute Gasteiger partial charge is 0.247 e. The summed E-state index contributed by atoms with van der Waals surface area (Å²) in [4.78, 5) is 0. The van der Waals surface area contributed by atoms with Crippen LogP contribution in [0.5, 0.6) is 0 Å². The van der Waals surface area contributed by atoms with Crippen LogP contribution in [0.15, 0.2) is 47.2 Å². The Labute approximate surface area is 167 Å². The molecule has 2 N–H and O–H groups in total. The molecule has 28 heavy (non-hydrogen) atoms. The lowest BCUT2D eigenvalue weighted by Crippen LogP contribution is -2.05. The highest BCUT2D eigenvalue weighted by molar-refractivity contribution is 6.32. The Morgan fingerprint density at radius 3 is 2.46 bits per heavy atom. The van der Waals surface area contributed by atoms with Gasteiger partial charge in [-0.05, 0) is 55.3 Å². The van der Waals surface area contributed by atoms with Crippen molar-refractivity contribution >= 4 is 17.3 Å². The molecule has 0 fully saturated rings. The fourth-order valence-electron chi connectivity index (χ4n) is 2.25. The van der Waals surface area contributed by atoms with Crippen LogP contribution in [0.4, 0.5) is 5.69 Å². The van der Waals surface area contributed by atoms with E-state index < -0.39 is 0 Å². The van der Waals surface area contributed by atoms with Crippen molar-refractivity contribution in [1.29, 1.82) is 10.5 Å². The third-order valence-corrected chi connectivity index (χ3v) is 4.27. The number of benzene rings is 2. The summed E-state index contributed by atoms with van der Waals surface area (Å²) in [6.07, 6.45) is 1.96. The number of aliphatic hydroxyl groups excluding tert-OH is 1. The normalized spacial score (nSPS) is 9.61. The number of hydrogen-bond donors (Lipinski definition) is 2. The molecule has 8 heteroatoms. The van der Waals surface area contributed by atoms with Crippen molar-refractivity contribution in [1.82, 2.24) is 10.2 Å². The Kier molecular flexibility index (Phi) is 7.98. The molecule has 0 amide bonds. The number of anilines is 1. The summed E-state index contributed by atoms with van der Waals surface area (Å²) in [7, 11) is 0. The molecule has 1 heterocycles. The van der Waals surface area contributed by atoms with Crippen LogP contribution < -0.4 is 5.32 Å². The SMILES string of the molecule is Cc1c(NCCCO)ccc(C#N)c1Cl.N#Cc1ccc(-c2nnco2)cc1. The number of halogens is 1. The highest BCUT2D eigenvalue weighted by Gasteiger charge is 2.06. The van der Waals surface area contributed by atoms with Crippen molar-refractivity contribution in [2.24, 2.45) is 0 Å². The molecule has 7 nitrogen and oxygen atoms in total. The van der Waals surface area contributed by atoms with E-state index in [4.69, 9.17) is 31.6 Å². The summed E-state index contributed by atoms with van der Waals surface area (Å²) in [6.45, 7) is 2.72. The van der Waals surface area contributed by atoms with Crippen LogP contribution in [0.1, 0.15) is 23.1 Å². The number of nitriles is 2. The van der Waals surface area contributed by atoms with E-state index in [2.05, 4.69) is 15.5 Å². The first-order valence-corrected chi connectivity index (χ1v) is 8.79. The number of nitrogens with one attached hydrogen (secondary N) is 1. The third-order valence-electron chi connectivity index (χ3n) is 3.78. The van der Waals surface area contributed by atoms with Gasteiger partial charge in [-0.15, -0.1) is 10.2 Å². The van der Waals surface area contributed by atoms with Gasteiger partial charge in [-0.25, -0.2) is 0 Å². The van der Waals surface area contributed by atoms with Gasteiger partial charge in [-0.2, -0.15) is 10.5 Å². The van der Waals surface area contributed by atoms with Gasteiger partial charge < -0.3 is 14.8 Å². The van der Waals surface area contributed by atoms with Gasteiger partial charge in [0.05, 0.1) is 22.2 Å². The van der Waals surface area contributed by atoms with Crippen molar-refractivity contribution in [3.63, 3.8) is 0 Å². The van der Waals surface area contributed by atoms with E-state index in [1.165, 1.54) is 6.39 Å². The van der Waals surface area contributed by atoms with Crippen molar-refractivity contribution in [2.45, 2.75) is 13.3 Å². The molecule has 1 aromatic heterocycles. The molecular formula is C20H18ClN5O2. The quantitative estimate of drug-likeness (QED) is 0.628. The predicted octanol–water partition coefficient (Wildman–Crippen LogP) is 3.92. The van der Waals surface area contributed by atoms with Crippen LogP contribution in [0.3, 0.4) is 0 Å². The lowest BCUT2D eigenvalue weighted by molar-refractivity contribution is 0.292. The molecule has 0 saturated carbocycles. The van der Waals surface area contributed by atoms with E-state index in [0.717, 1.165) is 16.8 Å². The fourth-order valence-corrected chi connectivity index (χ4v) is 2.46. The summed E-state index contributed by atoms with van der Waals surface area (Å²) in [5.74, 6) is 0.462. The molecule has 3 rings (SSSR count). The zero-order valence-corrected chi connectivity index (χ0v) is 15.9. The van der Waals surface area contributed by atoms with Gasteiger partial charge in [-0.1, -0.05) is 11.6 Å². The maximum atomic E-state index is 8.76. The number of aliphatic hydroxyl groups is 1. The van der Waals surface area contributed by atoms with Crippen LogP contribution in [0.2, 0.25) is 5.02 Å². The van der Waals surface area contributed by atoms with Gasteiger partial charge in [0.25, 0.3) is 0 Å². The van der Waals surface area contributed by atoms with Gasteiger partial charge in [0, 0.05) is 24.4 Å². The zero-order chi connectivity index (χ0) is 20.4. The topological polar surface area (TPSA) is 119 Å². The largest absolute Gasteiger partial charge is 0.423 e. The second kappa shape index (κ2) is 10.7. The average Bonchev–Trinajstić information content (AvgIpc) is 3.27. The molecule has 0 bridgehead atoms. The first-order valence-electron chi connectivity index (χ1n) is 8.41. The van der Waals surface area contributed by atoms with Gasteiger partial charge in [0.1, 0.15) is 6.07 Å². The van der Waals surface area contributed by atoms with Crippen LogP contribution in [0, 0.1) is 29.6 Å². The predicted molar refractivity (Wildman–Crippen MR) is 106 cm³/mol. The Bertz CT molecular complexity index is 974. The summed E-state index contributed by atoms with van der Waals surface area (Å²) >= 11 is 6.00. The van der Waals surface area contributed by atoms with Crippen molar-refractivity contribution in [3.8, 4) is 23.6 Å². The van der Waals surface area contributed by atoms with Crippen molar-refractivity contribution < 1.29 is 9.52 Å². The lowest BCUT2D eigenvalue weighted by Gasteiger charge is -2.10. The minimum atomic E-state index is 0.163. The molecular weight excluding hydrogens is 378 g/mol. The van der Waals surface area contributed by atoms with Crippen LogP contribution >= 0.6 is 11.6 Å². The monoisotopic (exact) mass is 395 g/mol. The molecule has 0 saturated heterocycles. The lowest BCUT2D eigenvalue weighted by atomic mass is 10.1. The summed E-state index contributed by atoms with van der Waals surface area (Å²) in [5.41, 5.74) is 3.70. The minimum absolute atomic E-state index is 0.163. The van der Waals surface area contributed by atoms with E-state index in [9.17, 15) is 0 Å². The molecule has 2 aromatic carbocycles. The number of hydrogen-bond acceptors (Lipinski definition) is 7. The molecule has 0 aliphatic rings. The van der Waals surface area contributed by atoms with Crippen molar-refractivity contribution in [2.75, 3.05) is 18.5 Å². The molecule has 0 unspecified atom stereocenters. The van der Waals surface area contributed by atoms with E-state index in [0.29, 0.717) is 35.0 Å². The molecule has 0 aliphatic carbocycles. The summed E-state index contributed by atoms with van der Waals surface area (Å²) in [6, 6.07) is 14.5. The molecule has 0 aliphatic heterocycles. The standard InChI is InChI=1S/C11H13ClN2O.C9H5N3O/c1-8-10(14-5-2-6-15)4-3-9(7-13)11(8)12;10-5-7-1-3-8(4-2-7)9-12-11-6-13-9/h3-4,14-15H,2,5-6H2,1H3;1-4,6H. The highest BCUT2D eigenvalue weighted by atomic mass is 35.5. The van der Waals surface area contributed by atoms with Crippen molar-refractivity contribution in [3.05, 3.63) is 64.5 Å². The Hall–Kier alpha value is -3.39. The number of nitrogens with zero attached hydrogens (tertiary/aromatic N) is 4. The molecule has 0 radical (unpaired) electrons. The maximum absolute atomic E-state index is 8.76. The van der Waals surface area contributed by atoms with E-state index in [-0.39, 0.29) is 6.61 Å². The van der Waals surface area contributed by atoms with Crippen LogP contribution in [-0.4, -0.2) is 28.5 Å². The number of aromatic nitrogens is 2. The van der Waals surface area contributed by atoms with Gasteiger partial charge in [0.15, 0.2) is 0 Å². The fraction of sp³-hybridized carbons (Fsp3) is 0.200. The van der Waals surface area contributed by atoms with Gasteiger partial charge >= 0.3 is 0 Å². The van der Waals surface area contributed by atoms with E-state index >= 15 is 0 Å². The maximum Gasteiger partial charge on any atom is 0.247 e. The Morgan fingerprint density at radius 2 is 1.89 bits per heavy atom. The molecule has 0 atom stereocenters. The molecule has 142 valence electrons. The summed E-state index contributed by atoms with van der Waals surface area (Å²) < 4.78 is 4.99. The Balaban J connectivity index is 0.000000202. The molecule has 0 spiro atoms. The van der Waals surface area contributed by atoms with E-state index in [1.807, 2.05) is 25.1 Å². The molecule has 3 aromatic rings. The first-order chi connectivity index (χ1) is 13.6. The second-order valence-electron chi connectivity index (χ2n) is 5.65.